The summed E-state index contributed by atoms with van der Waals surface area (Å²) in [5, 5.41) is 7.00. The fourth-order valence-corrected chi connectivity index (χ4v) is 4.37. The van der Waals surface area contributed by atoms with Crippen molar-refractivity contribution in [1.29, 1.82) is 0 Å². The summed E-state index contributed by atoms with van der Waals surface area (Å²) in [4.78, 5) is 4.27. The van der Waals surface area contributed by atoms with Crippen molar-refractivity contribution in [2.24, 2.45) is 5.10 Å². The van der Waals surface area contributed by atoms with Crippen LogP contribution in [0.4, 0.5) is 0 Å². The van der Waals surface area contributed by atoms with Crippen molar-refractivity contribution in [2.75, 3.05) is 20.8 Å². The number of fused-ring (bicyclic) bond motifs is 3. The summed E-state index contributed by atoms with van der Waals surface area (Å²) >= 11 is 0. The highest BCUT2D eigenvalue weighted by Gasteiger charge is 2.43. The van der Waals surface area contributed by atoms with Crippen molar-refractivity contribution in [3.8, 4) is 23.0 Å². The Morgan fingerprint density at radius 1 is 1.00 bits per heavy atom. The van der Waals surface area contributed by atoms with Gasteiger partial charge in [-0.05, 0) is 31.2 Å². The molecule has 0 radical (unpaired) electrons. The van der Waals surface area contributed by atoms with Crippen LogP contribution in [-0.4, -0.2) is 36.5 Å². The zero-order valence-corrected chi connectivity index (χ0v) is 18.3. The maximum absolute atomic E-state index is 6.58. The highest BCUT2D eigenvalue weighted by atomic mass is 16.5. The van der Waals surface area contributed by atoms with Gasteiger partial charge in [-0.25, -0.2) is 5.01 Å². The summed E-state index contributed by atoms with van der Waals surface area (Å²) in [6.07, 6.45) is 3.84. The van der Waals surface area contributed by atoms with Crippen LogP contribution in [0.2, 0.25) is 0 Å². The molecule has 7 heteroatoms. The molecule has 0 saturated carbocycles. The third kappa shape index (κ3) is 3.30. The smallest absolute Gasteiger partial charge is 0.217 e. The third-order valence-corrected chi connectivity index (χ3v) is 5.77. The number of hydrogen-bond donors (Lipinski definition) is 0. The molecule has 0 spiro atoms. The largest absolute Gasteiger partial charge is 0.493 e. The van der Waals surface area contributed by atoms with Crippen molar-refractivity contribution in [2.45, 2.75) is 25.6 Å². The molecule has 2 atom stereocenters. The van der Waals surface area contributed by atoms with Gasteiger partial charge in [-0.1, -0.05) is 24.3 Å². The van der Waals surface area contributed by atoms with Gasteiger partial charge in [0.15, 0.2) is 23.0 Å². The van der Waals surface area contributed by atoms with Crippen LogP contribution in [0.3, 0.4) is 0 Å². The standard InChI is InChI=1S/C25H25N3O4/c1-4-31-22-12-5-9-17-20-14-19(16-8-7-13-26-15-16)27-28(20)25(32-24(17)22)18-10-6-11-21(29-2)23(18)30-3/h5-13,15,20,25H,4,14H2,1-3H3/t20-,25+/m1/s1. The molecule has 3 aromatic rings. The minimum absolute atomic E-state index is 0.00438. The van der Waals surface area contributed by atoms with Crippen LogP contribution in [0.25, 0.3) is 0 Å². The van der Waals surface area contributed by atoms with Crippen molar-refractivity contribution in [1.82, 2.24) is 9.99 Å². The number of pyridine rings is 1. The van der Waals surface area contributed by atoms with Gasteiger partial charge >= 0.3 is 0 Å². The third-order valence-electron chi connectivity index (χ3n) is 5.77. The van der Waals surface area contributed by atoms with Crippen LogP contribution in [-0.2, 0) is 0 Å². The molecule has 1 aromatic heterocycles. The van der Waals surface area contributed by atoms with E-state index in [4.69, 9.17) is 24.0 Å². The Labute approximate surface area is 187 Å². The molecule has 0 aliphatic carbocycles. The predicted octanol–water partition coefficient (Wildman–Crippen LogP) is 4.74. The predicted molar refractivity (Wildman–Crippen MR) is 120 cm³/mol. The number of para-hydroxylation sites is 2. The van der Waals surface area contributed by atoms with E-state index in [-0.39, 0.29) is 6.04 Å². The van der Waals surface area contributed by atoms with Crippen molar-refractivity contribution < 1.29 is 18.9 Å². The van der Waals surface area contributed by atoms with Crippen LogP contribution in [0.1, 0.15) is 42.3 Å². The molecular weight excluding hydrogens is 406 g/mol. The molecule has 3 heterocycles. The van der Waals surface area contributed by atoms with Crippen molar-refractivity contribution in [3.05, 3.63) is 77.6 Å². The Balaban J connectivity index is 1.66. The molecule has 0 saturated heterocycles. The SMILES string of the molecule is CCOc1cccc2c1O[C@@H](c1cccc(OC)c1OC)N1N=C(c3cccnc3)C[C@H]21. The van der Waals surface area contributed by atoms with Gasteiger partial charge in [-0.3, -0.25) is 4.98 Å². The summed E-state index contributed by atoms with van der Waals surface area (Å²) < 4.78 is 23.7. The van der Waals surface area contributed by atoms with E-state index < -0.39 is 6.23 Å². The molecule has 7 nitrogen and oxygen atoms in total. The van der Waals surface area contributed by atoms with E-state index in [0.29, 0.717) is 18.1 Å². The van der Waals surface area contributed by atoms with E-state index in [9.17, 15) is 0 Å². The van der Waals surface area contributed by atoms with Gasteiger partial charge in [-0.15, -0.1) is 0 Å². The molecular formula is C25H25N3O4. The van der Waals surface area contributed by atoms with E-state index >= 15 is 0 Å². The lowest BCUT2D eigenvalue weighted by atomic mass is 9.96. The van der Waals surface area contributed by atoms with Gasteiger partial charge in [0.1, 0.15) is 0 Å². The normalized spacial score (nSPS) is 18.8. The second-order valence-corrected chi connectivity index (χ2v) is 7.55. The van der Waals surface area contributed by atoms with E-state index in [1.807, 2.05) is 60.6 Å². The topological polar surface area (TPSA) is 65.4 Å². The molecule has 0 unspecified atom stereocenters. The first-order valence-electron chi connectivity index (χ1n) is 10.6. The van der Waals surface area contributed by atoms with Crippen molar-refractivity contribution >= 4 is 5.71 Å². The molecule has 2 aliphatic rings. The van der Waals surface area contributed by atoms with Crippen LogP contribution in [0.15, 0.2) is 66.0 Å². The maximum atomic E-state index is 6.58. The summed E-state index contributed by atoms with van der Waals surface area (Å²) in [6.45, 7) is 2.52. The molecule has 2 aliphatic heterocycles. The second-order valence-electron chi connectivity index (χ2n) is 7.55. The molecule has 2 aromatic carbocycles. The number of rotatable bonds is 6. The highest BCUT2D eigenvalue weighted by Crippen LogP contribution is 2.52. The molecule has 0 bridgehead atoms. The van der Waals surface area contributed by atoms with Gasteiger partial charge in [-0.2, -0.15) is 5.10 Å². The second kappa shape index (κ2) is 8.42. The molecule has 5 rings (SSSR count). The number of ether oxygens (including phenoxy) is 4. The monoisotopic (exact) mass is 431 g/mol. The maximum Gasteiger partial charge on any atom is 0.217 e. The van der Waals surface area contributed by atoms with Crippen LogP contribution in [0, 0.1) is 0 Å². The summed E-state index contributed by atoms with van der Waals surface area (Å²) in [5.41, 5.74) is 3.86. The lowest BCUT2D eigenvalue weighted by Crippen LogP contribution is -2.34. The minimum Gasteiger partial charge on any atom is -0.493 e. The van der Waals surface area contributed by atoms with Gasteiger partial charge in [0.2, 0.25) is 6.23 Å². The number of hydrazone groups is 1. The van der Waals surface area contributed by atoms with Gasteiger partial charge in [0.25, 0.3) is 0 Å². The number of aromatic nitrogens is 1. The number of nitrogens with zero attached hydrogens (tertiary/aromatic N) is 3. The highest BCUT2D eigenvalue weighted by molar-refractivity contribution is 6.01. The number of methoxy groups -OCH3 is 2. The lowest BCUT2D eigenvalue weighted by Gasteiger charge is -2.39. The van der Waals surface area contributed by atoms with E-state index in [2.05, 4.69) is 11.1 Å². The van der Waals surface area contributed by atoms with Crippen LogP contribution < -0.4 is 18.9 Å². The van der Waals surface area contributed by atoms with Gasteiger partial charge < -0.3 is 18.9 Å². The molecule has 0 fully saturated rings. The summed E-state index contributed by atoms with van der Waals surface area (Å²) in [6, 6.07) is 15.8. The lowest BCUT2D eigenvalue weighted by molar-refractivity contribution is -0.0226. The Morgan fingerprint density at radius 2 is 1.81 bits per heavy atom. The summed E-state index contributed by atoms with van der Waals surface area (Å²) in [5.74, 6) is 2.74. The first kappa shape index (κ1) is 20.2. The van der Waals surface area contributed by atoms with E-state index in [1.165, 1.54) is 0 Å². The Hall–Kier alpha value is -3.74. The fraction of sp³-hybridized carbons (Fsp3) is 0.280. The minimum atomic E-state index is -0.506. The number of hydrogen-bond acceptors (Lipinski definition) is 7. The quantitative estimate of drug-likeness (QED) is 0.562. The molecule has 164 valence electrons. The Kier molecular flexibility index (Phi) is 5.31. The fourth-order valence-electron chi connectivity index (χ4n) is 4.37. The molecule has 0 amide bonds. The molecule has 0 N–H and O–H groups in total. The summed E-state index contributed by atoms with van der Waals surface area (Å²) in [7, 11) is 3.26. The van der Waals surface area contributed by atoms with E-state index in [1.54, 1.807) is 20.4 Å². The zero-order valence-electron chi connectivity index (χ0n) is 18.3. The first-order chi connectivity index (χ1) is 15.7. The first-order valence-corrected chi connectivity index (χ1v) is 10.6. The van der Waals surface area contributed by atoms with Gasteiger partial charge in [0.05, 0.1) is 38.1 Å². The Morgan fingerprint density at radius 3 is 2.53 bits per heavy atom. The van der Waals surface area contributed by atoms with Gasteiger partial charge in [0, 0.05) is 29.9 Å². The average Bonchev–Trinajstić information content (AvgIpc) is 3.30. The van der Waals surface area contributed by atoms with Crippen LogP contribution in [0.5, 0.6) is 23.0 Å². The van der Waals surface area contributed by atoms with Crippen LogP contribution >= 0.6 is 0 Å². The Bertz CT molecular complexity index is 1150. The van der Waals surface area contributed by atoms with Crippen molar-refractivity contribution in [3.63, 3.8) is 0 Å². The average molecular weight is 431 g/mol. The number of benzene rings is 2. The molecule has 32 heavy (non-hydrogen) atoms. The zero-order chi connectivity index (χ0) is 22.1. The van der Waals surface area contributed by atoms with E-state index in [0.717, 1.165) is 40.3 Å².